The summed E-state index contributed by atoms with van der Waals surface area (Å²) in [6.45, 7) is 10.1. The first-order valence-corrected chi connectivity index (χ1v) is 8.32. The maximum atomic E-state index is 12.5. The average Bonchev–Trinajstić information content (AvgIpc) is 2.88. The van der Waals surface area contributed by atoms with E-state index in [0.717, 1.165) is 21.3 Å². The van der Waals surface area contributed by atoms with Crippen LogP contribution in [0.15, 0.2) is 18.7 Å². The van der Waals surface area contributed by atoms with E-state index in [1.165, 1.54) is 17.7 Å². The van der Waals surface area contributed by atoms with Gasteiger partial charge in [0.25, 0.3) is 0 Å². The molecule has 1 N–H and O–H groups in total. The van der Waals surface area contributed by atoms with Gasteiger partial charge in [0.1, 0.15) is 16.3 Å². The summed E-state index contributed by atoms with van der Waals surface area (Å²) in [6, 6.07) is -0.133. The quantitative estimate of drug-likeness (QED) is 0.930. The maximum absolute atomic E-state index is 12.5. The van der Waals surface area contributed by atoms with E-state index in [4.69, 9.17) is 0 Å². The highest BCUT2D eigenvalue weighted by molar-refractivity contribution is 7.19. The van der Waals surface area contributed by atoms with Crippen LogP contribution >= 0.6 is 11.3 Å². The number of urea groups is 1. The van der Waals surface area contributed by atoms with E-state index in [9.17, 15) is 4.79 Å². The van der Waals surface area contributed by atoms with Crippen molar-refractivity contribution in [3.63, 3.8) is 0 Å². The number of hydrogen-bond donors (Lipinski definition) is 1. The van der Waals surface area contributed by atoms with Crippen LogP contribution in [0.1, 0.15) is 33.4 Å². The topological polar surface area (TPSA) is 71.0 Å². The second-order valence-corrected chi connectivity index (χ2v) is 7.38. The fourth-order valence-electron chi connectivity index (χ4n) is 1.83. The zero-order chi connectivity index (χ0) is 17.2. The third-order valence-electron chi connectivity index (χ3n) is 4.06. The van der Waals surface area contributed by atoms with Gasteiger partial charge in [-0.25, -0.2) is 19.7 Å². The molecule has 7 heteroatoms. The van der Waals surface area contributed by atoms with Crippen molar-refractivity contribution in [2.24, 2.45) is 5.92 Å². The molecule has 0 spiro atoms. The number of carbonyl (C=O) groups is 1. The summed E-state index contributed by atoms with van der Waals surface area (Å²) in [7, 11) is 1.76. The van der Waals surface area contributed by atoms with Gasteiger partial charge in [0.05, 0.1) is 5.69 Å². The van der Waals surface area contributed by atoms with Crippen LogP contribution in [0.5, 0.6) is 0 Å². The summed E-state index contributed by atoms with van der Waals surface area (Å²) in [4.78, 5) is 26.7. The second-order valence-electron chi connectivity index (χ2n) is 6.40. The number of anilines is 1. The van der Waals surface area contributed by atoms with Gasteiger partial charge >= 0.3 is 6.03 Å². The largest absolute Gasteiger partial charge is 0.333 e. The van der Waals surface area contributed by atoms with Gasteiger partial charge in [-0.15, -0.1) is 0 Å². The van der Waals surface area contributed by atoms with Gasteiger partial charge in [-0.1, -0.05) is 25.2 Å². The Morgan fingerprint density at radius 2 is 1.91 bits per heavy atom. The number of amides is 2. The normalized spacial score (nSPS) is 11.6. The number of aromatic nitrogens is 3. The molecule has 0 aliphatic rings. The molecule has 0 aromatic carbocycles. The molecule has 2 amide bonds. The van der Waals surface area contributed by atoms with Crippen LogP contribution in [-0.2, 0) is 0 Å². The van der Waals surface area contributed by atoms with Crippen molar-refractivity contribution in [3.8, 4) is 10.6 Å². The second kappa shape index (κ2) is 6.62. The molecule has 0 aliphatic heterocycles. The summed E-state index contributed by atoms with van der Waals surface area (Å²) < 4.78 is 0. The van der Waals surface area contributed by atoms with E-state index >= 15 is 0 Å². The minimum Gasteiger partial charge on any atom is -0.333 e. The first kappa shape index (κ1) is 17.3. The third kappa shape index (κ3) is 3.85. The van der Waals surface area contributed by atoms with Gasteiger partial charge in [-0.3, -0.25) is 4.90 Å². The lowest BCUT2D eigenvalue weighted by atomic mass is 9.91. The lowest BCUT2D eigenvalue weighted by Crippen LogP contribution is -2.51. The molecule has 0 unspecified atom stereocenters. The van der Waals surface area contributed by atoms with Crippen LogP contribution in [0.2, 0.25) is 0 Å². The van der Waals surface area contributed by atoms with Crippen molar-refractivity contribution in [1.82, 2.24) is 20.3 Å². The molecule has 6 nitrogen and oxygen atoms in total. The highest BCUT2D eigenvalue weighted by Crippen LogP contribution is 2.33. The zero-order valence-electron chi connectivity index (χ0n) is 14.4. The molecule has 23 heavy (non-hydrogen) atoms. The van der Waals surface area contributed by atoms with Crippen LogP contribution in [0.25, 0.3) is 10.6 Å². The summed E-state index contributed by atoms with van der Waals surface area (Å²) in [5, 5.41) is 4.70. The van der Waals surface area contributed by atoms with Crippen LogP contribution in [0.4, 0.5) is 9.80 Å². The first-order valence-electron chi connectivity index (χ1n) is 7.51. The Balaban J connectivity index is 2.22. The smallest absolute Gasteiger partial charge is 0.322 e. The van der Waals surface area contributed by atoms with Gasteiger partial charge in [0.15, 0.2) is 0 Å². The van der Waals surface area contributed by atoms with E-state index < -0.39 is 0 Å². The number of rotatable bonds is 4. The van der Waals surface area contributed by atoms with Crippen molar-refractivity contribution in [2.75, 3.05) is 11.9 Å². The van der Waals surface area contributed by atoms with Gasteiger partial charge in [-0.05, 0) is 26.7 Å². The van der Waals surface area contributed by atoms with Gasteiger partial charge < -0.3 is 5.32 Å². The number of thiazole rings is 1. The summed E-state index contributed by atoms with van der Waals surface area (Å²) in [5.74, 6) is 0.333. The minimum atomic E-state index is -0.278. The molecular formula is C16H23N5OS. The summed E-state index contributed by atoms with van der Waals surface area (Å²) >= 11 is 1.46. The standard InChI is InChI=1S/C16H23N5OS/c1-10(2)16(4,5)20-15(22)21(6)14-11(3)19-13(23-14)12-7-17-9-18-8-12/h7-10H,1-6H3,(H,20,22). The Morgan fingerprint density at radius 1 is 1.30 bits per heavy atom. The van der Waals surface area contributed by atoms with Gasteiger partial charge in [-0.2, -0.15) is 0 Å². The SMILES string of the molecule is Cc1nc(-c2cncnc2)sc1N(C)C(=O)NC(C)(C)C(C)C. The number of nitrogens with one attached hydrogen (secondary N) is 1. The number of nitrogens with zero attached hydrogens (tertiary/aromatic N) is 4. The van der Waals surface area contributed by atoms with Gasteiger partial charge in [0, 0.05) is 30.5 Å². The first-order chi connectivity index (χ1) is 10.7. The highest BCUT2D eigenvalue weighted by Gasteiger charge is 2.27. The predicted molar refractivity (Wildman–Crippen MR) is 93.7 cm³/mol. The van der Waals surface area contributed by atoms with E-state index in [1.54, 1.807) is 24.3 Å². The average molecular weight is 333 g/mol. The van der Waals surface area contributed by atoms with Crippen LogP contribution in [0.3, 0.4) is 0 Å². The fourth-order valence-corrected chi connectivity index (χ4v) is 2.83. The molecule has 2 heterocycles. The number of aryl methyl sites for hydroxylation is 1. The van der Waals surface area contributed by atoms with Crippen molar-refractivity contribution in [3.05, 3.63) is 24.4 Å². The molecule has 0 saturated heterocycles. The molecule has 0 radical (unpaired) electrons. The molecular weight excluding hydrogens is 310 g/mol. The molecule has 0 aliphatic carbocycles. The summed E-state index contributed by atoms with van der Waals surface area (Å²) in [6.07, 6.45) is 4.92. The molecule has 2 aromatic rings. The van der Waals surface area contributed by atoms with E-state index in [1.807, 2.05) is 20.8 Å². The number of carbonyl (C=O) groups excluding carboxylic acids is 1. The summed E-state index contributed by atoms with van der Waals surface area (Å²) in [5.41, 5.74) is 1.39. The molecule has 2 rings (SSSR count). The molecule has 2 aromatic heterocycles. The lowest BCUT2D eigenvalue weighted by molar-refractivity contribution is 0.225. The Labute approximate surface area is 141 Å². The zero-order valence-corrected chi connectivity index (χ0v) is 15.2. The Kier molecular flexibility index (Phi) is 4.99. The molecule has 0 atom stereocenters. The number of hydrogen-bond acceptors (Lipinski definition) is 5. The predicted octanol–water partition coefficient (Wildman–Crippen LogP) is 3.49. The van der Waals surface area contributed by atoms with E-state index in [0.29, 0.717) is 5.92 Å². The fraction of sp³-hybridized carbons (Fsp3) is 0.500. The minimum absolute atomic E-state index is 0.133. The van der Waals surface area contributed by atoms with E-state index in [2.05, 4.69) is 34.1 Å². The van der Waals surface area contributed by atoms with Crippen LogP contribution in [-0.4, -0.2) is 33.6 Å². The molecule has 0 saturated carbocycles. The van der Waals surface area contributed by atoms with E-state index in [-0.39, 0.29) is 11.6 Å². The van der Waals surface area contributed by atoms with Crippen molar-refractivity contribution in [1.29, 1.82) is 0 Å². The maximum Gasteiger partial charge on any atom is 0.322 e. The molecule has 0 fully saturated rings. The Hall–Kier alpha value is -2.02. The molecule has 0 bridgehead atoms. The Morgan fingerprint density at radius 3 is 2.48 bits per heavy atom. The molecule has 124 valence electrons. The Bertz CT molecular complexity index is 681. The van der Waals surface area contributed by atoms with Crippen molar-refractivity contribution >= 4 is 22.4 Å². The highest BCUT2D eigenvalue weighted by atomic mass is 32.1. The van der Waals surface area contributed by atoms with Crippen molar-refractivity contribution in [2.45, 2.75) is 40.2 Å². The van der Waals surface area contributed by atoms with Crippen LogP contribution in [0, 0.1) is 12.8 Å². The van der Waals surface area contributed by atoms with Crippen molar-refractivity contribution < 1.29 is 4.79 Å². The van der Waals surface area contributed by atoms with Gasteiger partial charge in [0.2, 0.25) is 0 Å². The monoisotopic (exact) mass is 333 g/mol. The van der Waals surface area contributed by atoms with Crippen LogP contribution < -0.4 is 10.2 Å². The third-order valence-corrected chi connectivity index (χ3v) is 5.34. The lowest BCUT2D eigenvalue weighted by Gasteiger charge is -2.32.